The van der Waals surface area contributed by atoms with Gasteiger partial charge in [0.05, 0.1) is 0 Å². The largest absolute Gasteiger partial charge is 0.296 e. The second-order valence-corrected chi connectivity index (χ2v) is 1.78. The summed E-state index contributed by atoms with van der Waals surface area (Å²) in [5.41, 5.74) is -0.118. The van der Waals surface area contributed by atoms with Crippen LogP contribution in [0.1, 0.15) is 6.42 Å². The van der Waals surface area contributed by atoms with Gasteiger partial charge in [0, 0.05) is 6.54 Å². The highest BCUT2D eigenvalue weighted by molar-refractivity contribution is 6.41. The maximum Gasteiger partial charge on any atom is 0.233 e. The number of hydrogen-bond acceptors (Lipinski definition) is 2. The predicted octanol–water partition coefficient (Wildman–Crippen LogP) is 1.33. The number of nitrogens with zero attached hydrogens (tertiary/aromatic N) is 1. The Kier molecular flexibility index (Phi) is 1.72. The second-order valence-electron chi connectivity index (χ2n) is 1.78. The van der Waals surface area contributed by atoms with Crippen molar-refractivity contribution in [2.75, 3.05) is 6.54 Å². The van der Waals surface area contributed by atoms with Crippen LogP contribution in [0, 0.1) is 5.41 Å². The van der Waals surface area contributed by atoms with Crippen LogP contribution in [0.15, 0.2) is 17.1 Å². The van der Waals surface area contributed by atoms with E-state index in [1.165, 1.54) is 6.08 Å². The van der Waals surface area contributed by atoms with E-state index in [1.807, 2.05) is 0 Å². The molecule has 0 saturated heterocycles. The standard InChI is InChI=1S/C6H7FN2/c7-6-5(8)3-1-2-4-9-6/h1,3,8H,2,4H2. The van der Waals surface area contributed by atoms with Gasteiger partial charge in [0.2, 0.25) is 5.97 Å². The summed E-state index contributed by atoms with van der Waals surface area (Å²) < 4.78 is 12.3. The molecular weight excluding hydrogens is 119 g/mol. The van der Waals surface area contributed by atoms with E-state index >= 15 is 0 Å². The summed E-state index contributed by atoms with van der Waals surface area (Å²) in [7, 11) is 0. The molecule has 0 bridgehead atoms. The Bertz CT molecular complexity index is 181. The molecule has 1 aliphatic heterocycles. The average molecular weight is 126 g/mol. The van der Waals surface area contributed by atoms with Crippen LogP contribution in [-0.4, -0.2) is 18.2 Å². The van der Waals surface area contributed by atoms with Gasteiger partial charge in [-0.05, 0) is 12.5 Å². The topological polar surface area (TPSA) is 36.2 Å². The van der Waals surface area contributed by atoms with E-state index < -0.39 is 5.97 Å². The van der Waals surface area contributed by atoms with E-state index in [2.05, 4.69) is 4.99 Å². The fourth-order valence-electron chi connectivity index (χ4n) is 0.592. The van der Waals surface area contributed by atoms with Gasteiger partial charge in [0.1, 0.15) is 5.71 Å². The maximum absolute atomic E-state index is 12.3. The van der Waals surface area contributed by atoms with Crippen molar-refractivity contribution in [2.45, 2.75) is 6.42 Å². The van der Waals surface area contributed by atoms with Gasteiger partial charge in [-0.25, -0.2) is 0 Å². The molecule has 0 amide bonds. The molecule has 1 aliphatic rings. The van der Waals surface area contributed by atoms with E-state index in [-0.39, 0.29) is 5.71 Å². The molecule has 0 unspecified atom stereocenters. The molecule has 48 valence electrons. The van der Waals surface area contributed by atoms with Crippen molar-refractivity contribution in [3.63, 3.8) is 0 Å². The summed E-state index contributed by atoms with van der Waals surface area (Å²) in [5.74, 6) is -0.649. The third-order valence-corrected chi connectivity index (χ3v) is 1.05. The lowest BCUT2D eigenvalue weighted by atomic mass is 10.3. The Balaban J connectivity index is 2.78. The lowest BCUT2D eigenvalue weighted by molar-refractivity contribution is 0.804. The molecule has 1 heterocycles. The van der Waals surface area contributed by atoms with Gasteiger partial charge in [0.25, 0.3) is 0 Å². The van der Waals surface area contributed by atoms with Gasteiger partial charge in [0.15, 0.2) is 0 Å². The van der Waals surface area contributed by atoms with Gasteiger partial charge < -0.3 is 0 Å². The molecule has 2 nitrogen and oxygen atoms in total. The number of halogens is 1. The normalized spacial score (nSPS) is 19.2. The number of allylic oxidation sites excluding steroid dienone is 1. The summed E-state index contributed by atoms with van der Waals surface area (Å²) in [6.07, 6.45) is 3.92. The van der Waals surface area contributed by atoms with Crippen molar-refractivity contribution in [1.82, 2.24) is 0 Å². The molecule has 0 radical (unpaired) electrons. The summed E-state index contributed by atoms with van der Waals surface area (Å²) in [4.78, 5) is 3.47. The third kappa shape index (κ3) is 1.45. The SMILES string of the molecule is N=C1C=CCCN=C1F. The van der Waals surface area contributed by atoms with Gasteiger partial charge in [-0.15, -0.1) is 0 Å². The highest BCUT2D eigenvalue weighted by Gasteiger charge is 2.02. The highest BCUT2D eigenvalue weighted by Crippen LogP contribution is 1.96. The van der Waals surface area contributed by atoms with Crippen molar-refractivity contribution >= 4 is 11.7 Å². The molecule has 1 N–H and O–H groups in total. The minimum Gasteiger partial charge on any atom is -0.296 e. The molecule has 0 aromatic heterocycles. The smallest absolute Gasteiger partial charge is 0.233 e. The Morgan fingerprint density at radius 1 is 1.67 bits per heavy atom. The molecule has 0 aliphatic carbocycles. The number of hydrogen-bond donors (Lipinski definition) is 1. The lowest BCUT2D eigenvalue weighted by Crippen LogP contribution is -2.01. The minimum atomic E-state index is -0.649. The average Bonchev–Trinajstić information content (AvgIpc) is 1.99. The molecular formula is C6H7FN2. The van der Waals surface area contributed by atoms with Crippen molar-refractivity contribution in [3.05, 3.63) is 12.2 Å². The van der Waals surface area contributed by atoms with E-state index in [0.29, 0.717) is 6.54 Å². The first-order valence-electron chi connectivity index (χ1n) is 2.76. The van der Waals surface area contributed by atoms with Gasteiger partial charge >= 0.3 is 0 Å². The summed E-state index contributed by atoms with van der Waals surface area (Å²) in [6, 6.07) is 0. The quantitative estimate of drug-likeness (QED) is 0.508. The van der Waals surface area contributed by atoms with Crippen LogP contribution in [0.3, 0.4) is 0 Å². The zero-order chi connectivity index (χ0) is 6.69. The van der Waals surface area contributed by atoms with Crippen LogP contribution in [-0.2, 0) is 0 Å². The molecule has 0 saturated carbocycles. The Morgan fingerprint density at radius 3 is 3.22 bits per heavy atom. The summed E-state index contributed by atoms with van der Waals surface area (Å²) in [5, 5.41) is 6.94. The van der Waals surface area contributed by atoms with Crippen LogP contribution >= 0.6 is 0 Å². The number of rotatable bonds is 0. The van der Waals surface area contributed by atoms with E-state index in [9.17, 15) is 4.39 Å². The minimum absolute atomic E-state index is 0.118. The van der Waals surface area contributed by atoms with E-state index in [4.69, 9.17) is 5.41 Å². The van der Waals surface area contributed by atoms with E-state index in [1.54, 1.807) is 6.08 Å². The first-order chi connectivity index (χ1) is 4.30. The fourth-order valence-corrected chi connectivity index (χ4v) is 0.592. The first-order valence-corrected chi connectivity index (χ1v) is 2.76. The van der Waals surface area contributed by atoms with Crippen molar-refractivity contribution in [2.24, 2.45) is 4.99 Å². The van der Waals surface area contributed by atoms with Crippen LogP contribution in [0.25, 0.3) is 0 Å². The second kappa shape index (κ2) is 2.53. The zero-order valence-electron chi connectivity index (χ0n) is 4.89. The third-order valence-electron chi connectivity index (χ3n) is 1.05. The summed E-state index contributed by atoms with van der Waals surface area (Å²) in [6.45, 7) is 0.463. The molecule has 0 fully saturated rings. The Hall–Kier alpha value is -0.990. The molecule has 0 aromatic carbocycles. The van der Waals surface area contributed by atoms with Gasteiger partial charge in [-0.1, -0.05) is 6.08 Å². The lowest BCUT2D eigenvalue weighted by Gasteiger charge is -1.86. The number of aliphatic imine (C=N–C) groups is 1. The predicted molar refractivity (Wildman–Crippen MR) is 34.9 cm³/mol. The summed E-state index contributed by atoms with van der Waals surface area (Å²) >= 11 is 0. The molecule has 9 heavy (non-hydrogen) atoms. The van der Waals surface area contributed by atoms with Crippen LogP contribution in [0.5, 0.6) is 0 Å². The van der Waals surface area contributed by atoms with Crippen LogP contribution < -0.4 is 0 Å². The first kappa shape index (κ1) is 6.13. The van der Waals surface area contributed by atoms with Gasteiger partial charge in [-0.2, -0.15) is 4.39 Å². The van der Waals surface area contributed by atoms with Crippen molar-refractivity contribution in [1.29, 1.82) is 5.41 Å². The molecule has 0 aromatic rings. The molecule has 0 atom stereocenters. The molecule has 0 spiro atoms. The fraction of sp³-hybridized carbons (Fsp3) is 0.333. The van der Waals surface area contributed by atoms with Crippen LogP contribution in [0.2, 0.25) is 0 Å². The molecule has 3 heteroatoms. The maximum atomic E-state index is 12.3. The Morgan fingerprint density at radius 2 is 2.44 bits per heavy atom. The van der Waals surface area contributed by atoms with E-state index in [0.717, 1.165) is 6.42 Å². The van der Waals surface area contributed by atoms with Gasteiger partial charge in [-0.3, -0.25) is 10.4 Å². The Labute approximate surface area is 52.6 Å². The highest BCUT2D eigenvalue weighted by atomic mass is 19.1. The van der Waals surface area contributed by atoms with Crippen molar-refractivity contribution < 1.29 is 4.39 Å². The monoisotopic (exact) mass is 126 g/mol. The zero-order valence-corrected chi connectivity index (χ0v) is 4.89. The van der Waals surface area contributed by atoms with Crippen molar-refractivity contribution in [3.8, 4) is 0 Å². The van der Waals surface area contributed by atoms with Crippen LogP contribution in [0.4, 0.5) is 4.39 Å². The number of nitrogens with one attached hydrogen (secondary N) is 1. The molecule has 1 rings (SSSR count).